The number of alkyl halides is 3. The molecule has 3 atom stereocenters. The Morgan fingerprint density at radius 1 is 1.18 bits per heavy atom. The van der Waals surface area contributed by atoms with E-state index in [1.54, 1.807) is 6.92 Å². The summed E-state index contributed by atoms with van der Waals surface area (Å²) in [4.78, 5) is 28.6. The lowest BCUT2D eigenvalue weighted by Crippen LogP contribution is -2.41. The molecule has 12 heteroatoms. The van der Waals surface area contributed by atoms with E-state index in [0.29, 0.717) is 30.9 Å². The van der Waals surface area contributed by atoms with E-state index in [-0.39, 0.29) is 46.1 Å². The third-order valence-corrected chi connectivity index (χ3v) is 7.02. The molecule has 0 aliphatic heterocycles. The smallest absolute Gasteiger partial charge is 0.375 e. The van der Waals surface area contributed by atoms with Crippen LogP contribution in [0.4, 0.5) is 23.4 Å². The number of aromatic nitrogens is 3. The van der Waals surface area contributed by atoms with Gasteiger partial charge in [-0.15, -0.1) is 0 Å². The van der Waals surface area contributed by atoms with E-state index < -0.39 is 23.3 Å². The Bertz CT molecular complexity index is 1400. The van der Waals surface area contributed by atoms with Crippen LogP contribution in [0.3, 0.4) is 0 Å². The van der Waals surface area contributed by atoms with Crippen LogP contribution in [-0.4, -0.2) is 43.9 Å². The number of hydrogen-bond acceptors (Lipinski definition) is 5. The highest BCUT2D eigenvalue weighted by molar-refractivity contribution is 5.93. The van der Waals surface area contributed by atoms with E-state index in [1.807, 2.05) is 0 Å². The largest absolute Gasteiger partial charge is 0.422 e. The van der Waals surface area contributed by atoms with Gasteiger partial charge in [0.15, 0.2) is 11.4 Å². The highest BCUT2D eigenvalue weighted by Crippen LogP contribution is 2.42. The Morgan fingerprint density at radius 3 is 2.55 bits per heavy atom. The number of pyridine rings is 1. The molecule has 1 saturated carbocycles. The molecule has 0 spiro atoms. The highest BCUT2D eigenvalue weighted by atomic mass is 19.4. The molecule has 2 aromatic heterocycles. The van der Waals surface area contributed by atoms with Crippen LogP contribution in [0.15, 0.2) is 24.4 Å². The Hall–Kier alpha value is -3.54. The summed E-state index contributed by atoms with van der Waals surface area (Å²) < 4.78 is 56.9. The second kappa shape index (κ2) is 9.97. The number of halogens is 4. The number of nitrogens with one attached hydrogen (secondary N) is 2. The number of rotatable bonds is 5. The van der Waals surface area contributed by atoms with Crippen LogP contribution < -0.4 is 10.6 Å². The zero-order chi connectivity index (χ0) is 28.0. The quantitative estimate of drug-likeness (QED) is 0.418. The number of nitrogens with zero attached hydrogens (tertiary/aromatic N) is 3. The molecule has 0 saturated heterocycles. The molecule has 1 aliphatic carbocycles. The average Bonchev–Trinajstić information content (AvgIpc) is 3.16. The summed E-state index contributed by atoms with van der Waals surface area (Å²) in [6.45, 7) is 3.73. The van der Waals surface area contributed by atoms with Crippen molar-refractivity contribution in [2.75, 3.05) is 5.32 Å². The van der Waals surface area contributed by atoms with E-state index in [4.69, 9.17) is 0 Å². The molecule has 0 radical (unpaired) electrons. The number of benzene rings is 1. The molecule has 1 fully saturated rings. The molecule has 1 aromatic carbocycles. The van der Waals surface area contributed by atoms with Crippen molar-refractivity contribution in [3.8, 4) is 11.1 Å². The monoisotopic (exact) mass is 535 g/mol. The summed E-state index contributed by atoms with van der Waals surface area (Å²) in [6.07, 6.45) is -0.821. The SMILES string of the molecule is CC(=O)N[C@@H]1CCC[C@H](C(=O)Nc2cc(-c3cc(F)c4nn(C)c(C(C)(O)C(F)(F)F)c4c3)c(C)cn2)C1. The summed E-state index contributed by atoms with van der Waals surface area (Å²) in [5, 5.41) is 19.6. The number of aryl methyl sites for hydroxylation is 2. The minimum absolute atomic E-state index is 0.0872. The topological polar surface area (TPSA) is 109 Å². The van der Waals surface area contributed by atoms with E-state index in [1.165, 1.54) is 32.3 Å². The normalized spacial score (nSPS) is 19.7. The van der Waals surface area contributed by atoms with Gasteiger partial charge in [0.05, 0.1) is 5.69 Å². The average molecular weight is 536 g/mol. The minimum Gasteiger partial charge on any atom is -0.375 e. The number of carbonyl (C=O) groups is 2. The van der Waals surface area contributed by atoms with Gasteiger partial charge in [-0.2, -0.15) is 18.3 Å². The van der Waals surface area contributed by atoms with Crippen LogP contribution in [0.5, 0.6) is 0 Å². The number of amides is 2. The van der Waals surface area contributed by atoms with Crippen LogP contribution in [0.25, 0.3) is 22.0 Å². The van der Waals surface area contributed by atoms with Gasteiger partial charge in [-0.25, -0.2) is 9.37 Å². The second-order valence-corrected chi connectivity index (χ2v) is 10.0. The zero-order valence-electron chi connectivity index (χ0n) is 21.4. The Labute approximate surface area is 216 Å². The lowest BCUT2D eigenvalue weighted by atomic mass is 9.85. The van der Waals surface area contributed by atoms with Crippen molar-refractivity contribution in [3.05, 3.63) is 41.5 Å². The van der Waals surface area contributed by atoms with Gasteiger partial charge in [0.2, 0.25) is 11.8 Å². The number of hydrogen-bond donors (Lipinski definition) is 3. The summed E-state index contributed by atoms with van der Waals surface area (Å²) in [6, 6.07) is 3.93. The van der Waals surface area contributed by atoms with Gasteiger partial charge in [0.1, 0.15) is 11.3 Å². The zero-order valence-corrected chi connectivity index (χ0v) is 21.4. The number of fused-ring (bicyclic) bond motifs is 1. The standard InChI is InChI=1S/C26H29F4N5O3/c1-13-12-31-21(33-24(37)15-6-5-7-17(8-15)32-14(2)36)11-18(13)16-9-19-22(20(27)10-16)34-35(4)23(19)25(3,38)26(28,29)30/h9-12,15,17,38H,5-8H2,1-4H3,(H,32,36)(H,31,33,37)/t15-,17+,25?/m0/s1. The Kier molecular flexibility index (Phi) is 7.21. The van der Waals surface area contributed by atoms with Crippen molar-refractivity contribution in [3.63, 3.8) is 0 Å². The van der Waals surface area contributed by atoms with Gasteiger partial charge in [-0.1, -0.05) is 6.42 Å². The first-order valence-electron chi connectivity index (χ1n) is 12.2. The fraction of sp³-hybridized carbons (Fsp3) is 0.462. The number of anilines is 1. The van der Waals surface area contributed by atoms with Gasteiger partial charge in [0.25, 0.3) is 0 Å². The first-order valence-corrected chi connectivity index (χ1v) is 12.2. The molecule has 4 rings (SSSR count). The van der Waals surface area contributed by atoms with Crippen LogP contribution in [0.2, 0.25) is 0 Å². The molecule has 3 aromatic rings. The van der Waals surface area contributed by atoms with Crippen LogP contribution in [0, 0.1) is 18.7 Å². The fourth-order valence-corrected chi connectivity index (χ4v) is 5.10. The second-order valence-electron chi connectivity index (χ2n) is 10.0. The first-order chi connectivity index (χ1) is 17.7. The Morgan fingerprint density at radius 2 is 1.89 bits per heavy atom. The van der Waals surface area contributed by atoms with Crippen LogP contribution >= 0.6 is 0 Å². The molecule has 3 N–H and O–H groups in total. The molecular formula is C26H29F4N5O3. The van der Waals surface area contributed by atoms with Crippen molar-refractivity contribution in [2.45, 2.75) is 64.3 Å². The molecule has 2 amide bonds. The van der Waals surface area contributed by atoms with E-state index in [9.17, 15) is 27.9 Å². The lowest BCUT2D eigenvalue weighted by Gasteiger charge is -2.28. The molecule has 1 aliphatic rings. The Balaban J connectivity index is 1.68. The maximum absolute atomic E-state index is 15.1. The van der Waals surface area contributed by atoms with Crippen LogP contribution in [0.1, 0.15) is 50.8 Å². The maximum Gasteiger partial charge on any atom is 0.422 e. The van der Waals surface area contributed by atoms with Gasteiger partial charge in [-0.05, 0) is 68.0 Å². The fourth-order valence-electron chi connectivity index (χ4n) is 5.10. The van der Waals surface area contributed by atoms with Crippen molar-refractivity contribution in [2.24, 2.45) is 13.0 Å². The minimum atomic E-state index is -5.03. The lowest BCUT2D eigenvalue weighted by molar-refractivity contribution is -0.260. The van der Waals surface area contributed by atoms with Gasteiger partial charge in [0, 0.05) is 37.5 Å². The van der Waals surface area contributed by atoms with Gasteiger partial charge in [-0.3, -0.25) is 14.3 Å². The molecule has 0 bridgehead atoms. The summed E-state index contributed by atoms with van der Waals surface area (Å²) >= 11 is 0. The molecule has 204 valence electrons. The number of aliphatic hydroxyl groups is 1. The third kappa shape index (κ3) is 5.22. The first kappa shape index (κ1) is 27.5. The van der Waals surface area contributed by atoms with E-state index >= 15 is 4.39 Å². The highest BCUT2D eigenvalue weighted by Gasteiger charge is 2.54. The maximum atomic E-state index is 15.1. The van der Waals surface area contributed by atoms with Gasteiger partial charge >= 0.3 is 6.18 Å². The molecule has 38 heavy (non-hydrogen) atoms. The van der Waals surface area contributed by atoms with Crippen LogP contribution in [-0.2, 0) is 22.2 Å². The summed E-state index contributed by atoms with van der Waals surface area (Å²) in [7, 11) is 1.21. The molecule has 8 nitrogen and oxygen atoms in total. The predicted octanol–water partition coefficient (Wildman–Crippen LogP) is 4.49. The van der Waals surface area contributed by atoms with Crippen molar-refractivity contribution >= 4 is 28.5 Å². The van der Waals surface area contributed by atoms with Gasteiger partial charge < -0.3 is 15.7 Å². The molecular weight excluding hydrogens is 506 g/mol. The van der Waals surface area contributed by atoms with E-state index in [2.05, 4.69) is 20.7 Å². The molecule has 2 heterocycles. The predicted molar refractivity (Wildman–Crippen MR) is 132 cm³/mol. The van der Waals surface area contributed by atoms with Crippen molar-refractivity contribution in [1.29, 1.82) is 0 Å². The van der Waals surface area contributed by atoms with Crippen molar-refractivity contribution in [1.82, 2.24) is 20.1 Å². The van der Waals surface area contributed by atoms with E-state index in [0.717, 1.165) is 23.6 Å². The summed E-state index contributed by atoms with van der Waals surface area (Å²) in [5.41, 5.74) is -2.89. The third-order valence-electron chi connectivity index (χ3n) is 7.02. The van der Waals surface area contributed by atoms with Crippen molar-refractivity contribution < 1.29 is 32.3 Å². The summed E-state index contributed by atoms with van der Waals surface area (Å²) in [5.74, 6) is -1.40. The number of carbonyl (C=O) groups excluding carboxylic acids is 2. The molecule has 1 unspecified atom stereocenters.